The van der Waals surface area contributed by atoms with Gasteiger partial charge in [0.1, 0.15) is 0 Å². The van der Waals surface area contributed by atoms with Crippen LogP contribution in [0.3, 0.4) is 0 Å². The van der Waals surface area contributed by atoms with Crippen molar-refractivity contribution in [2.45, 2.75) is 44.7 Å². The summed E-state index contributed by atoms with van der Waals surface area (Å²) >= 11 is 5.61. The molecule has 0 saturated heterocycles. The van der Waals surface area contributed by atoms with Crippen molar-refractivity contribution < 1.29 is 0 Å². The Morgan fingerprint density at radius 2 is 1.02 bits per heavy atom. The normalized spacial score (nSPS) is 15.1. The number of allylic oxidation sites excluding steroid dienone is 3. The molecule has 0 unspecified atom stereocenters. The van der Waals surface area contributed by atoms with Crippen molar-refractivity contribution in [3.63, 3.8) is 0 Å². The van der Waals surface area contributed by atoms with Crippen LogP contribution in [0.4, 0.5) is 39.8 Å². The van der Waals surface area contributed by atoms with E-state index >= 15 is 0 Å². The van der Waals surface area contributed by atoms with E-state index in [2.05, 4.69) is 157 Å². The molecule has 0 amide bonds. The number of nitrogens with zero attached hydrogens (tertiary/aromatic N) is 3. The van der Waals surface area contributed by atoms with E-state index in [1.54, 1.807) is 0 Å². The number of rotatable bonds is 4. The van der Waals surface area contributed by atoms with Crippen LogP contribution < -0.4 is 14.7 Å². The Labute approximate surface area is 272 Å². The Morgan fingerprint density at radius 3 is 1.57 bits per heavy atom. The zero-order chi connectivity index (χ0) is 29.8. The molecule has 3 nitrogen and oxygen atoms in total. The van der Waals surface area contributed by atoms with Gasteiger partial charge in [-0.3, -0.25) is 0 Å². The highest BCUT2D eigenvalue weighted by molar-refractivity contribution is 8.03. The molecule has 3 aliphatic heterocycles. The Morgan fingerprint density at radius 1 is 0.545 bits per heavy atom. The summed E-state index contributed by atoms with van der Waals surface area (Å²) in [4.78, 5) is 15.0. The van der Waals surface area contributed by atoms with Gasteiger partial charge >= 0.3 is 0 Å². The molecule has 0 N–H and O–H groups in total. The lowest BCUT2D eigenvalue weighted by Gasteiger charge is -2.36. The lowest BCUT2D eigenvalue weighted by molar-refractivity contribution is 1.07. The van der Waals surface area contributed by atoms with Gasteiger partial charge in [0.05, 0.1) is 34.1 Å². The molecular formula is C38H31N3S3. The summed E-state index contributed by atoms with van der Waals surface area (Å²) in [5.74, 6) is 0. The molecule has 5 aromatic rings. The van der Waals surface area contributed by atoms with E-state index < -0.39 is 0 Å². The van der Waals surface area contributed by atoms with Crippen molar-refractivity contribution in [2.75, 3.05) is 21.7 Å². The zero-order valence-corrected chi connectivity index (χ0v) is 27.3. The highest BCUT2D eigenvalue weighted by Crippen LogP contribution is 2.55. The minimum atomic E-state index is 0.995. The minimum absolute atomic E-state index is 0.995. The molecule has 0 aromatic heterocycles. The van der Waals surface area contributed by atoms with Crippen LogP contribution >= 0.6 is 35.3 Å². The van der Waals surface area contributed by atoms with Crippen molar-refractivity contribution in [1.82, 2.24) is 0 Å². The minimum Gasteiger partial charge on any atom is -0.343 e. The smallest absolute Gasteiger partial charge is 0.0601 e. The van der Waals surface area contributed by atoms with Crippen molar-refractivity contribution >= 4 is 75.1 Å². The molecule has 0 spiro atoms. The van der Waals surface area contributed by atoms with Crippen LogP contribution in [0.2, 0.25) is 0 Å². The predicted molar refractivity (Wildman–Crippen MR) is 190 cm³/mol. The van der Waals surface area contributed by atoms with E-state index in [0.29, 0.717) is 0 Å². The van der Waals surface area contributed by atoms with E-state index in [-0.39, 0.29) is 0 Å². The summed E-state index contributed by atoms with van der Waals surface area (Å²) < 4.78 is 0. The van der Waals surface area contributed by atoms with Gasteiger partial charge in [-0.1, -0.05) is 84.7 Å². The average Bonchev–Trinajstić information content (AvgIpc) is 3.06. The second kappa shape index (κ2) is 11.2. The Kier molecular flexibility index (Phi) is 7.01. The molecule has 0 fully saturated rings. The van der Waals surface area contributed by atoms with Crippen LogP contribution in [0.25, 0.3) is 0 Å². The van der Waals surface area contributed by atoms with Crippen molar-refractivity contribution in [1.29, 1.82) is 0 Å². The van der Waals surface area contributed by atoms with Crippen LogP contribution in [0.5, 0.6) is 0 Å². The molecule has 216 valence electrons. The molecule has 44 heavy (non-hydrogen) atoms. The quantitative estimate of drug-likeness (QED) is 0.191. The third-order valence-corrected chi connectivity index (χ3v) is 11.8. The number of hydrogen-bond acceptors (Lipinski definition) is 6. The van der Waals surface area contributed by atoms with E-state index in [1.807, 2.05) is 35.3 Å². The number of benzene rings is 5. The van der Waals surface area contributed by atoms with Crippen LogP contribution in [-0.2, 0) is 0 Å². The maximum atomic E-state index is 2.44. The molecule has 0 radical (unpaired) electrons. The highest BCUT2D eigenvalue weighted by atomic mass is 32.2. The first-order valence-corrected chi connectivity index (χ1v) is 17.4. The van der Waals surface area contributed by atoms with Gasteiger partial charge in [-0.25, -0.2) is 0 Å². The van der Waals surface area contributed by atoms with Gasteiger partial charge in [-0.15, -0.1) is 0 Å². The van der Waals surface area contributed by atoms with Crippen LogP contribution in [0.1, 0.15) is 20.3 Å². The summed E-state index contributed by atoms with van der Waals surface area (Å²) in [6.45, 7) is 4.36. The first-order chi connectivity index (χ1) is 21.6. The van der Waals surface area contributed by atoms with Gasteiger partial charge in [-0.2, -0.15) is 0 Å². The third kappa shape index (κ3) is 4.47. The largest absolute Gasteiger partial charge is 0.343 e. The number of thioether (sulfide) groups is 1. The van der Waals surface area contributed by atoms with Gasteiger partial charge in [0, 0.05) is 47.8 Å². The third-order valence-electron chi connectivity index (χ3n) is 8.29. The fourth-order valence-corrected chi connectivity index (χ4v) is 9.61. The number of hydrogen-bond donors (Lipinski definition) is 0. The monoisotopic (exact) mass is 625 g/mol. The number of anilines is 7. The Hall–Kier alpha value is -3.97. The predicted octanol–water partition coefficient (Wildman–Crippen LogP) is 12.3. The second-order valence-corrected chi connectivity index (χ2v) is 14.2. The lowest BCUT2D eigenvalue weighted by atomic mass is 10.1. The number of para-hydroxylation sites is 3. The van der Waals surface area contributed by atoms with E-state index in [4.69, 9.17) is 0 Å². The summed E-state index contributed by atoms with van der Waals surface area (Å²) in [7, 11) is 2.19. The van der Waals surface area contributed by atoms with Crippen LogP contribution in [0.15, 0.2) is 156 Å². The van der Waals surface area contributed by atoms with Gasteiger partial charge in [-0.05, 0) is 92.2 Å². The maximum Gasteiger partial charge on any atom is 0.0601 e. The maximum absolute atomic E-state index is 2.44. The van der Waals surface area contributed by atoms with Gasteiger partial charge in [0.2, 0.25) is 0 Å². The Bertz CT molecular complexity index is 1950. The second-order valence-electron chi connectivity index (χ2n) is 10.9. The highest BCUT2D eigenvalue weighted by Gasteiger charge is 2.29. The van der Waals surface area contributed by atoms with Crippen molar-refractivity contribution in [3.8, 4) is 0 Å². The van der Waals surface area contributed by atoms with Crippen LogP contribution in [0, 0.1) is 0 Å². The molecule has 0 bridgehead atoms. The topological polar surface area (TPSA) is 9.72 Å². The summed E-state index contributed by atoms with van der Waals surface area (Å²) in [6.07, 6.45) is 5.41. The molecule has 0 aliphatic carbocycles. The fraction of sp³-hybridized carbons (Fsp3) is 0.105. The first kappa shape index (κ1) is 27.6. The van der Waals surface area contributed by atoms with E-state index in [0.717, 1.165) is 6.42 Å². The fourth-order valence-electron chi connectivity index (χ4n) is 6.26. The van der Waals surface area contributed by atoms with E-state index in [9.17, 15) is 0 Å². The molecule has 8 rings (SSSR count). The number of fused-ring (bicyclic) bond motifs is 5. The van der Waals surface area contributed by atoms with Gasteiger partial charge in [0.15, 0.2) is 0 Å². The average molecular weight is 626 g/mol. The molecule has 0 atom stereocenters. The van der Waals surface area contributed by atoms with Gasteiger partial charge in [0.25, 0.3) is 0 Å². The lowest BCUT2D eigenvalue weighted by Crippen LogP contribution is -2.21. The summed E-state index contributed by atoms with van der Waals surface area (Å²) in [6, 6.07) is 40.0. The molecule has 0 saturated carbocycles. The first-order valence-electron chi connectivity index (χ1n) is 14.9. The molecule has 5 aromatic carbocycles. The van der Waals surface area contributed by atoms with Crippen molar-refractivity contribution in [3.05, 3.63) is 132 Å². The summed E-state index contributed by atoms with van der Waals surface area (Å²) in [5.41, 5.74) is 9.78. The zero-order valence-electron chi connectivity index (χ0n) is 24.8. The summed E-state index contributed by atoms with van der Waals surface area (Å²) in [5, 5.41) is 0. The molecule has 6 heteroatoms. The Balaban J connectivity index is 1.22. The van der Waals surface area contributed by atoms with Gasteiger partial charge < -0.3 is 14.7 Å². The van der Waals surface area contributed by atoms with Crippen LogP contribution in [-0.4, -0.2) is 7.05 Å². The van der Waals surface area contributed by atoms with E-state index in [1.165, 1.54) is 74.9 Å². The molecule has 3 heterocycles. The standard InChI is InChI=1S/C38H31N3S3/c1-4-12-29-33(5-2)42-34-16-9-6-13-30(34)40(29)25-19-21-27-37(23-25)44-38-24-26(20-22-28(38)39(27)3)41-31-14-7-10-17-35(31)43-36-18-11-8-15-32(36)41/h4,6-24H,5H2,1-3H3/b12-4-. The molecule has 3 aliphatic rings. The van der Waals surface area contributed by atoms with Crippen molar-refractivity contribution in [2.24, 2.45) is 0 Å². The SMILES string of the molecule is C/C=C\C1=C(CC)Sc2ccccc2N1c1ccc2c(c1)Sc1cc(N3c4ccccc4Sc4ccccc43)ccc1N2C. The molecular weight excluding hydrogens is 595 g/mol.